The molecule has 1 saturated carbocycles. The summed E-state index contributed by atoms with van der Waals surface area (Å²) in [6.07, 6.45) is 1.34. The molecule has 0 bridgehead atoms. The second-order valence-electron chi connectivity index (χ2n) is 3.91. The molecule has 1 aromatic carbocycles. The van der Waals surface area contributed by atoms with Gasteiger partial charge in [0.25, 0.3) is 0 Å². The molecule has 1 amide bonds. The van der Waals surface area contributed by atoms with Crippen molar-refractivity contribution in [2.24, 2.45) is 11.1 Å². The van der Waals surface area contributed by atoms with Gasteiger partial charge in [-0.15, -0.1) is 0 Å². The van der Waals surface area contributed by atoms with E-state index in [-0.39, 0.29) is 10.9 Å². The van der Waals surface area contributed by atoms with Crippen LogP contribution in [0.15, 0.2) is 24.3 Å². The van der Waals surface area contributed by atoms with E-state index in [2.05, 4.69) is 5.32 Å². The molecule has 0 unspecified atom stereocenters. The van der Waals surface area contributed by atoms with Crippen molar-refractivity contribution in [3.63, 3.8) is 0 Å². The first kappa shape index (κ1) is 11.0. The molecule has 84 valence electrons. The maximum Gasteiger partial charge on any atom is 0.237 e. The smallest absolute Gasteiger partial charge is 0.237 e. The summed E-state index contributed by atoms with van der Waals surface area (Å²) < 4.78 is 12.9. The van der Waals surface area contributed by atoms with Gasteiger partial charge in [0.1, 0.15) is 5.82 Å². The molecule has 3 N–H and O–H groups in total. The highest BCUT2D eigenvalue weighted by Gasteiger charge is 2.52. The van der Waals surface area contributed by atoms with E-state index in [9.17, 15) is 9.18 Å². The highest BCUT2D eigenvalue weighted by molar-refractivity contribution is 7.80. The molecule has 0 aliphatic heterocycles. The second kappa shape index (κ2) is 3.83. The van der Waals surface area contributed by atoms with Crippen molar-refractivity contribution in [2.75, 3.05) is 5.32 Å². The van der Waals surface area contributed by atoms with Crippen molar-refractivity contribution >= 4 is 28.8 Å². The predicted molar refractivity (Wildman–Crippen MR) is 63.5 cm³/mol. The third-order valence-corrected chi connectivity index (χ3v) is 3.13. The van der Waals surface area contributed by atoms with Gasteiger partial charge in [-0.05, 0) is 31.0 Å². The van der Waals surface area contributed by atoms with Gasteiger partial charge < -0.3 is 11.1 Å². The maximum absolute atomic E-state index is 12.9. The number of hydrogen-bond donors (Lipinski definition) is 2. The summed E-state index contributed by atoms with van der Waals surface area (Å²) in [5, 5.41) is 2.62. The minimum absolute atomic E-state index is 0.210. The van der Waals surface area contributed by atoms with Crippen LogP contribution in [0.3, 0.4) is 0 Å². The number of carbonyl (C=O) groups is 1. The fourth-order valence-corrected chi connectivity index (χ4v) is 1.82. The lowest BCUT2D eigenvalue weighted by atomic mass is 10.1. The minimum atomic E-state index is -0.707. The molecule has 0 spiro atoms. The molecule has 0 atom stereocenters. The Bertz CT molecular complexity index is 457. The van der Waals surface area contributed by atoms with Crippen LogP contribution < -0.4 is 11.1 Å². The summed E-state index contributed by atoms with van der Waals surface area (Å²) in [6.45, 7) is 0. The summed E-state index contributed by atoms with van der Waals surface area (Å²) in [5.41, 5.74) is 5.23. The van der Waals surface area contributed by atoms with E-state index in [1.165, 1.54) is 18.2 Å². The number of carbonyl (C=O) groups excluding carboxylic acids is 1. The van der Waals surface area contributed by atoms with E-state index in [0.717, 1.165) is 0 Å². The normalized spacial score (nSPS) is 16.6. The zero-order valence-electron chi connectivity index (χ0n) is 8.50. The van der Waals surface area contributed by atoms with E-state index < -0.39 is 11.2 Å². The van der Waals surface area contributed by atoms with Crippen LogP contribution in [0.4, 0.5) is 10.1 Å². The van der Waals surface area contributed by atoms with Crippen LogP contribution in [-0.4, -0.2) is 10.9 Å². The van der Waals surface area contributed by atoms with Crippen molar-refractivity contribution in [2.45, 2.75) is 12.8 Å². The third-order valence-electron chi connectivity index (χ3n) is 2.74. The summed E-state index contributed by atoms with van der Waals surface area (Å²) in [6, 6.07) is 5.73. The summed E-state index contributed by atoms with van der Waals surface area (Å²) in [4.78, 5) is 12.1. The molecule has 5 heteroatoms. The molecule has 1 fully saturated rings. The van der Waals surface area contributed by atoms with E-state index in [1.807, 2.05) is 0 Å². The monoisotopic (exact) mass is 238 g/mol. The molecule has 0 radical (unpaired) electrons. The summed E-state index contributed by atoms with van der Waals surface area (Å²) >= 11 is 4.86. The Morgan fingerprint density at radius 3 is 2.69 bits per heavy atom. The van der Waals surface area contributed by atoms with Crippen LogP contribution >= 0.6 is 12.2 Å². The Morgan fingerprint density at radius 1 is 1.50 bits per heavy atom. The Balaban J connectivity index is 2.11. The van der Waals surface area contributed by atoms with Gasteiger partial charge in [0.05, 0.1) is 10.4 Å². The van der Waals surface area contributed by atoms with Crippen LogP contribution in [0.2, 0.25) is 0 Å². The second-order valence-corrected chi connectivity index (χ2v) is 4.35. The Labute approximate surface area is 97.8 Å². The first-order valence-corrected chi connectivity index (χ1v) is 5.32. The Kier molecular flexibility index (Phi) is 2.63. The van der Waals surface area contributed by atoms with E-state index in [0.29, 0.717) is 18.5 Å². The fourth-order valence-electron chi connectivity index (χ4n) is 1.53. The maximum atomic E-state index is 12.9. The Hall–Kier alpha value is -1.49. The zero-order valence-corrected chi connectivity index (χ0v) is 9.31. The van der Waals surface area contributed by atoms with Gasteiger partial charge in [0, 0.05) is 5.69 Å². The van der Waals surface area contributed by atoms with Crippen LogP contribution in [0.1, 0.15) is 12.8 Å². The summed E-state index contributed by atoms with van der Waals surface area (Å²) in [5.74, 6) is -0.636. The van der Waals surface area contributed by atoms with Crippen LogP contribution in [0.25, 0.3) is 0 Å². The quantitative estimate of drug-likeness (QED) is 0.790. The van der Waals surface area contributed by atoms with Gasteiger partial charge in [-0.1, -0.05) is 18.3 Å². The van der Waals surface area contributed by atoms with Crippen LogP contribution in [0.5, 0.6) is 0 Å². The van der Waals surface area contributed by atoms with Crippen molar-refractivity contribution < 1.29 is 9.18 Å². The first-order valence-electron chi connectivity index (χ1n) is 4.91. The van der Waals surface area contributed by atoms with Crippen molar-refractivity contribution in [3.05, 3.63) is 30.1 Å². The topological polar surface area (TPSA) is 55.1 Å². The number of nitrogens with two attached hydrogens (primary N) is 1. The Morgan fingerprint density at radius 2 is 2.19 bits per heavy atom. The number of amides is 1. The molecule has 0 saturated heterocycles. The average molecular weight is 238 g/mol. The number of nitrogens with one attached hydrogen (secondary N) is 1. The van der Waals surface area contributed by atoms with E-state index >= 15 is 0 Å². The lowest BCUT2D eigenvalue weighted by Crippen LogP contribution is -2.35. The molecule has 1 aliphatic carbocycles. The zero-order chi connectivity index (χ0) is 11.8. The average Bonchev–Trinajstić information content (AvgIpc) is 2.97. The summed E-state index contributed by atoms with van der Waals surface area (Å²) in [7, 11) is 0. The number of rotatable bonds is 3. The van der Waals surface area contributed by atoms with Gasteiger partial charge in [-0.25, -0.2) is 4.39 Å². The van der Waals surface area contributed by atoms with Gasteiger partial charge in [-0.3, -0.25) is 4.79 Å². The van der Waals surface area contributed by atoms with Gasteiger partial charge in [0.15, 0.2) is 0 Å². The molecule has 1 aromatic rings. The molecule has 0 aromatic heterocycles. The van der Waals surface area contributed by atoms with Crippen molar-refractivity contribution in [1.29, 1.82) is 0 Å². The lowest BCUT2D eigenvalue weighted by Gasteiger charge is -2.13. The standard InChI is InChI=1S/C11H11FN2OS/c12-7-2-1-3-8(6-7)14-10(15)11(4-5-11)9(13)16/h1-3,6H,4-5H2,(H2,13,16)(H,14,15). The number of halogens is 1. The van der Waals surface area contributed by atoms with Gasteiger partial charge in [0.2, 0.25) is 5.91 Å². The number of benzene rings is 1. The highest BCUT2D eigenvalue weighted by Crippen LogP contribution is 2.46. The molecule has 3 nitrogen and oxygen atoms in total. The molecular formula is C11H11FN2OS. The van der Waals surface area contributed by atoms with E-state index in [1.54, 1.807) is 6.07 Å². The van der Waals surface area contributed by atoms with Crippen LogP contribution in [-0.2, 0) is 4.79 Å². The van der Waals surface area contributed by atoms with Gasteiger partial charge >= 0.3 is 0 Å². The first-order chi connectivity index (χ1) is 7.54. The lowest BCUT2D eigenvalue weighted by molar-refractivity contribution is -0.118. The molecule has 0 heterocycles. The SMILES string of the molecule is NC(=S)C1(C(=O)Nc2cccc(F)c2)CC1. The number of thiocarbonyl (C=S) groups is 1. The molecule has 2 rings (SSSR count). The number of anilines is 1. The minimum Gasteiger partial charge on any atom is -0.392 e. The number of hydrogen-bond acceptors (Lipinski definition) is 2. The highest BCUT2D eigenvalue weighted by atomic mass is 32.1. The van der Waals surface area contributed by atoms with Gasteiger partial charge in [-0.2, -0.15) is 0 Å². The third kappa shape index (κ3) is 1.90. The van der Waals surface area contributed by atoms with Crippen LogP contribution in [0, 0.1) is 11.2 Å². The van der Waals surface area contributed by atoms with Crippen molar-refractivity contribution in [3.8, 4) is 0 Å². The molecular weight excluding hydrogens is 227 g/mol. The largest absolute Gasteiger partial charge is 0.392 e. The van der Waals surface area contributed by atoms with Crippen molar-refractivity contribution in [1.82, 2.24) is 0 Å². The molecule has 16 heavy (non-hydrogen) atoms. The van der Waals surface area contributed by atoms with E-state index in [4.69, 9.17) is 18.0 Å². The fraction of sp³-hybridized carbons (Fsp3) is 0.273. The predicted octanol–water partition coefficient (Wildman–Crippen LogP) is 1.83. The molecule has 1 aliphatic rings.